The average Bonchev–Trinajstić information content (AvgIpc) is 2.54. The van der Waals surface area contributed by atoms with Gasteiger partial charge in [0.2, 0.25) is 0 Å². The highest BCUT2D eigenvalue weighted by molar-refractivity contribution is 14.1. The molecule has 0 aliphatic carbocycles. The molecular weight excluding hydrogens is 401 g/mol. The van der Waals surface area contributed by atoms with Crippen LogP contribution in [0.2, 0.25) is 0 Å². The third-order valence-electron chi connectivity index (χ3n) is 4.42. The van der Waals surface area contributed by atoms with Gasteiger partial charge >= 0.3 is 0 Å². The van der Waals surface area contributed by atoms with Crippen molar-refractivity contribution in [1.29, 1.82) is 0 Å². The van der Waals surface area contributed by atoms with E-state index in [2.05, 4.69) is 42.5 Å². The Morgan fingerprint density at radius 1 is 1.26 bits per heavy atom. The lowest BCUT2D eigenvalue weighted by atomic mass is 9.92. The molecule has 2 aromatic carbocycles. The molecule has 0 atom stereocenters. The summed E-state index contributed by atoms with van der Waals surface area (Å²) in [7, 11) is 0. The van der Waals surface area contributed by atoms with E-state index < -0.39 is 0 Å². The van der Waals surface area contributed by atoms with Crippen LogP contribution in [0.15, 0.2) is 36.4 Å². The van der Waals surface area contributed by atoms with Crippen molar-refractivity contribution < 1.29 is 9.90 Å². The molecule has 2 aromatic rings. The van der Waals surface area contributed by atoms with Crippen molar-refractivity contribution in [3.8, 4) is 0 Å². The van der Waals surface area contributed by atoms with Crippen LogP contribution in [0.1, 0.15) is 46.8 Å². The van der Waals surface area contributed by atoms with E-state index in [1.807, 2.05) is 30.3 Å². The first-order valence-corrected chi connectivity index (χ1v) is 8.93. The Balaban J connectivity index is 2.00. The second-order valence-electron chi connectivity index (χ2n) is 6.17. The summed E-state index contributed by atoms with van der Waals surface area (Å²) in [5.41, 5.74) is 4.83. The minimum Gasteiger partial charge on any atom is -0.392 e. The van der Waals surface area contributed by atoms with Gasteiger partial charge in [-0.2, -0.15) is 0 Å². The van der Waals surface area contributed by atoms with Crippen molar-refractivity contribution in [2.24, 2.45) is 0 Å². The first-order chi connectivity index (χ1) is 11.0. The smallest absolute Gasteiger partial charge is 0.258 e. The first-order valence-electron chi connectivity index (χ1n) is 7.86. The van der Waals surface area contributed by atoms with Crippen molar-refractivity contribution in [1.82, 2.24) is 0 Å². The summed E-state index contributed by atoms with van der Waals surface area (Å²) in [4.78, 5) is 14.7. The lowest BCUT2D eigenvalue weighted by Gasteiger charge is -2.31. The third-order valence-corrected chi connectivity index (χ3v) is 5.43. The number of aliphatic hydroxyl groups excluding tert-OH is 1. The van der Waals surface area contributed by atoms with Crippen molar-refractivity contribution >= 4 is 34.2 Å². The van der Waals surface area contributed by atoms with Crippen LogP contribution in [0.3, 0.4) is 0 Å². The van der Waals surface area contributed by atoms with Gasteiger partial charge in [0.05, 0.1) is 12.3 Å². The summed E-state index contributed by atoms with van der Waals surface area (Å²) in [6.45, 7) is 4.92. The molecule has 3 rings (SSSR count). The molecule has 1 heterocycles. The highest BCUT2D eigenvalue weighted by Gasteiger charge is 2.27. The van der Waals surface area contributed by atoms with Gasteiger partial charge in [-0.1, -0.05) is 32.0 Å². The number of benzene rings is 2. The van der Waals surface area contributed by atoms with Crippen LogP contribution in [0.25, 0.3) is 0 Å². The number of hydrogen-bond donors (Lipinski definition) is 1. The first kappa shape index (κ1) is 16.5. The molecular formula is C19H20INO2. The van der Waals surface area contributed by atoms with Crippen molar-refractivity contribution in [3.63, 3.8) is 0 Å². The monoisotopic (exact) mass is 421 g/mol. The maximum Gasteiger partial charge on any atom is 0.258 e. The summed E-state index contributed by atoms with van der Waals surface area (Å²) in [6.07, 6.45) is 0.845. The summed E-state index contributed by atoms with van der Waals surface area (Å²) in [6, 6.07) is 12.0. The molecule has 0 bridgehead atoms. The molecule has 0 spiro atoms. The standard InChI is InChI=1S/C19H20INO2/c1-12(2)13-6-7-15-14(10-13)8-9-21(19(15)23)18-5-3-4-17(20)16(18)11-22/h3-7,10,12,22H,8-9,11H2,1-2H3. The van der Waals surface area contributed by atoms with Gasteiger partial charge in [-0.05, 0) is 64.3 Å². The number of carbonyl (C=O) groups excluding carboxylic acids is 1. The van der Waals surface area contributed by atoms with E-state index in [0.29, 0.717) is 12.5 Å². The van der Waals surface area contributed by atoms with Crippen LogP contribution in [0.5, 0.6) is 0 Å². The molecule has 23 heavy (non-hydrogen) atoms. The minimum absolute atomic E-state index is 0.0262. The average molecular weight is 421 g/mol. The van der Waals surface area contributed by atoms with Gasteiger partial charge in [-0.3, -0.25) is 4.79 Å². The van der Waals surface area contributed by atoms with Crippen molar-refractivity contribution in [2.75, 3.05) is 11.4 Å². The number of aliphatic hydroxyl groups is 1. The van der Waals surface area contributed by atoms with Gasteiger partial charge in [0.1, 0.15) is 0 Å². The predicted molar refractivity (Wildman–Crippen MR) is 101 cm³/mol. The van der Waals surface area contributed by atoms with E-state index in [1.165, 1.54) is 5.56 Å². The number of carbonyl (C=O) groups is 1. The van der Waals surface area contributed by atoms with Gasteiger partial charge in [0.15, 0.2) is 0 Å². The highest BCUT2D eigenvalue weighted by atomic mass is 127. The largest absolute Gasteiger partial charge is 0.392 e. The zero-order valence-electron chi connectivity index (χ0n) is 13.3. The molecule has 3 nitrogen and oxygen atoms in total. The molecule has 0 radical (unpaired) electrons. The maximum atomic E-state index is 12.9. The second-order valence-corrected chi connectivity index (χ2v) is 7.34. The van der Waals surface area contributed by atoms with Gasteiger partial charge in [0, 0.05) is 21.2 Å². The molecule has 4 heteroatoms. The van der Waals surface area contributed by atoms with Crippen LogP contribution in [-0.2, 0) is 13.0 Å². The summed E-state index contributed by atoms with van der Waals surface area (Å²) >= 11 is 2.20. The molecule has 0 saturated carbocycles. The van der Waals surface area contributed by atoms with Crippen LogP contribution >= 0.6 is 22.6 Å². The third kappa shape index (κ3) is 3.02. The van der Waals surface area contributed by atoms with Gasteiger partial charge in [0.25, 0.3) is 5.91 Å². The van der Waals surface area contributed by atoms with Crippen molar-refractivity contribution in [2.45, 2.75) is 32.8 Å². The zero-order chi connectivity index (χ0) is 16.6. The normalized spacial score (nSPS) is 14.3. The zero-order valence-corrected chi connectivity index (χ0v) is 15.5. The molecule has 1 aliphatic heterocycles. The number of nitrogens with zero attached hydrogens (tertiary/aromatic N) is 1. The molecule has 0 unspecified atom stereocenters. The van der Waals surface area contributed by atoms with Crippen LogP contribution in [0.4, 0.5) is 5.69 Å². The topological polar surface area (TPSA) is 40.5 Å². The van der Waals surface area contributed by atoms with Gasteiger partial charge < -0.3 is 10.0 Å². The Morgan fingerprint density at radius 2 is 2.04 bits per heavy atom. The summed E-state index contributed by atoms with van der Waals surface area (Å²) in [5, 5.41) is 9.67. The van der Waals surface area contributed by atoms with Gasteiger partial charge in [-0.25, -0.2) is 0 Å². The van der Waals surface area contributed by atoms with E-state index >= 15 is 0 Å². The number of anilines is 1. The fourth-order valence-electron chi connectivity index (χ4n) is 3.05. The Labute approximate surface area is 150 Å². The number of amides is 1. The van der Waals surface area contributed by atoms with Crippen molar-refractivity contribution in [3.05, 3.63) is 62.2 Å². The number of hydrogen-bond acceptors (Lipinski definition) is 2. The highest BCUT2D eigenvalue weighted by Crippen LogP contribution is 2.31. The van der Waals surface area contributed by atoms with E-state index in [-0.39, 0.29) is 12.5 Å². The molecule has 1 amide bonds. The van der Waals surface area contributed by atoms with Crippen LogP contribution < -0.4 is 4.90 Å². The Bertz CT molecular complexity index is 755. The van der Waals surface area contributed by atoms with E-state index in [9.17, 15) is 9.90 Å². The lowest BCUT2D eigenvalue weighted by molar-refractivity contribution is 0.0980. The molecule has 120 valence electrons. The predicted octanol–water partition coefficient (Wildman–Crippen LogP) is 4.11. The lowest BCUT2D eigenvalue weighted by Crippen LogP contribution is -2.38. The second kappa shape index (κ2) is 6.61. The molecule has 1 aliphatic rings. The Kier molecular flexibility index (Phi) is 4.73. The quantitative estimate of drug-likeness (QED) is 0.758. The summed E-state index contributed by atoms with van der Waals surface area (Å²) in [5.74, 6) is 0.489. The SMILES string of the molecule is CC(C)c1ccc2c(c1)CCN(c1cccc(I)c1CO)C2=O. The maximum absolute atomic E-state index is 12.9. The minimum atomic E-state index is -0.0582. The fraction of sp³-hybridized carbons (Fsp3) is 0.316. The summed E-state index contributed by atoms with van der Waals surface area (Å²) < 4.78 is 0.983. The molecule has 0 aromatic heterocycles. The number of halogens is 1. The fourth-order valence-corrected chi connectivity index (χ4v) is 3.71. The van der Waals surface area contributed by atoms with E-state index in [4.69, 9.17) is 0 Å². The Hall–Kier alpha value is -1.40. The molecule has 0 fully saturated rings. The van der Waals surface area contributed by atoms with E-state index in [1.54, 1.807) is 4.90 Å². The van der Waals surface area contributed by atoms with Gasteiger partial charge in [-0.15, -0.1) is 0 Å². The molecule has 0 saturated heterocycles. The van der Waals surface area contributed by atoms with Crippen LogP contribution in [-0.4, -0.2) is 17.6 Å². The number of fused-ring (bicyclic) bond motifs is 1. The van der Waals surface area contributed by atoms with E-state index in [0.717, 1.165) is 32.4 Å². The number of rotatable bonds is 3. The molecule has 1 N–H and O–H groups in total. The Morgan fingerprint density at radius 3 is 2.74 bits per heavy atom. The van der Waals surface area contributed by atoms with Crippen LogP contribution in [0, 0.1) is 3.57 Å².